The Morgan fingerprint density at radius 2 is 1.65 bits per heavy atom. The maximum Gasteiger partial charge on any atom is 0.0717 e. The third-order valence-corrected chi connectivity index (χ3v) is 4.38. The third-order valence-electron chi connectivity index (χ3n) is 4.38. The van der Waals surface area contributed by atoms with Crippen molar-refractivity contribution in [2.45, 2.75) is 18.4 Å². The summed E-state index contributed by atoms with van der Waals surface area (Å²) in [7, 11) is 0. The maximum absolute atomic E-state index is 6.02. The Kier molecular flexibility index (Phi) is 3.86. The molecule has 1 fully saturated rings. The molecule has 1 aliphatic rings. The van der Waals surface area contributed by atoms with Gasteiger partial charge in [-0.2, -0.15) is 0 Å². The topological polar surface area (TPSA) is 35.2 Å². The molecule has 0 bridgehead atoms. The first-order valence-electron chi connectivity index (χ1n) is 7.22. The molecule has 2 N–H and O–H groups in total. The van der Waals surface area contributed by atoms with Crippen molar-refractivity contribution in [3.63, 3.8) is 0 Å². The fraction of sp³-hybridized carbons (Fsp3) is 0.333. The fourth-order valence-corrected chi connectivity index (χ4v) is 2.98. The molecule has 2 heteroatoms. The molecule has 2 nitrogen and oxygen atoms in total. The first-order valence-corrected chi connectivity index (χ1v) is 7.22. The SMILES string of the molecule is NC[C@]1(c2ccccc2)C[C@@H]1COCc1ccccc1. The summed E-state index contributed by atoms with van der Waals surface area (Å²) in [5, 5.41) is 0. The molecule has 0 aromatic heterocycles. The van der Waals surface area contributed by atoms with E-state index in [0.717, 1.165) is 13.0 Å². The number of ether oxygens (including phenoxy) is 1. The highest BCUT2D eigenvalue weighted by Crippen LogP contribution is 2.53. The van der Waals surface area contributed by atoms with Crippen LogP contribution in [0.3, 0.4) is 0 Å². The summed E-state index contributed by atoms with van der Waals surface area (Å²) >= 11 is 0. The van der Waals surface area contributed by atoms with Gasteiger partial charge in [0.25, 0.3) is 0 Å². The van der Waals surface area contributed by atoms with Crippen molar-refractivity contribution < 1.29 is 4.74 Å². The van der Waals surface area contributed by atoms with E-state index < -0.39 is 0 Å². The monoisotopic (exact) mass is 267 g/mol. The molecule has 3 rings (SSSR count). The lowest BCUT2D eigenvalue weighted by atomic mass is 9.93. The first-order chi connectivity index (χ1) is 9.85. The van der Waals surface area contributed by atoms with Gasteiger partial charge in [-0.3, -0.25) is 0 Å². The fourth-order valence-electron chi connectivity index (χ4n) is 2.98. The van der Waals surface area contributed by atoms with Crippen LogP contribution in [-0.4, -0.2) is 13.2 Å². The molecule has 104 valence electrons. The normalized spacial score (nSPS) is 24.6. The van der Waals surface area contributed by atoms with Gasteiger partial charge < -0.3 is 10.5 Å². The number of hydrogen-bond donors (Lipinski definition) is 1. The summed E-state index contributed by atoms with van der Waals surface area (Å²) in [5.74, 6) is 0.554. The van der Waals surface area contributed by atoms with Crippen LogP contribution in [0.15, 0.2) is 60.7 Å². The maximum atomic E-state index is 6.02. The molecule has 20 heavy (non-hydrogen) atoms. The molecule has 2 aromatic rings. The van der Waals surface area contributed by atoms with Crippen LogP contribution < -0.4 is 5.73 Å². The lowest BCUT2D eigenvalue weighted by molar-refractivity contribution is 0.106. The molecule has 0 unspecified atom stereocenters. The molecule has 1 aliphatic carbocycles. The lowest BCUT2D eigenvalue weighted by Crippen LogP contribution is -2.23. The molecular formula is C18H21NO. The highest BCUT2D eigenvalue weighted by molar-refractivity contribution is 5.34. The predicted octanol–water partition coefficient (Wildman–Crippen LogP) is 3.12. The summed E-state index contributed by atoms with van der Waals surface area (Å²) in [6.45, 7) is 2.18. The second-order valence-electron chi connectivity index (χ2n) is 5.63. The van der Waals surface area contributed by atoms with E-state index in [1.165, 1.54) is 11.1 Å². The number of hydrogen-bond acceptors (Lipinski definition) is 2. The summed E-state index contributed by atoms with van der Waals surface area (Å²) in [5.41, 5.74) is 8.75. The van der Waals surface area contributed by atoms with E-state index in [0.29, 0.717) is 19.1 Å². The lowest BCUT2D eigenvalue weighted by Gasteiger charge is -2.15. The highest BCUT2D eigenvalue weighted by Gasteiger charge is 2.53. The van der Waals surface area contributed by atoms with E-state index >= 15 is 0 Å². The van der Waals surface area contributed by atoms with Crippen LogP contribution in [0.5, 0.6) is 0 Å². The zero-order valence-electron chi connectivity index (χ0n) is 11.7. The molecule has 0 saturated heterocycles. The third kappa shape index (κ3) is 2.62. The van der Waals surface area contributed by atoms with Crippen LogP contribution in [-0.2, 0) is 16.8 Å². The van der Waals surface area contributed by atoms with Crippen molar-refractivity contribution in [3.8, 4) is 0 Å². The zero-order valence-corrected chi connectivity index (χ0v) is 11.7. The van der Waals surface area contributed by atoms with E-state index in [1.54, 1.807) is 0 Å². The molecule has 0 heterocycles. The Bertz CT molecular complexity index is 540. The van der Waals surface area contributed by atoms with Crippen LogP contribution in [0.25, 0.3) is 0 Å². The van der Waals surface area contributed by atoms with E-state index in [2.05, 4.69) is 42.5 Å². The minimum Gasteiger partial charge on any atom is -0.376 e. The van der Waals surface area contributed by atoms with Gasteiger partial charge in [-0.1, -0.05) is 60.7 Å². The van der Waals surface area contributed by atoms with E-state index in [1.807, 2.05) is 18.2 Å². The largest absolute Gasteiger partial charge is 0.376 e. The molecule has 0 spiro atoms. The van der Waals surface area contributed by atoms with Crippen molar-refractivity contribution in [2.24, 2.45) is 11.7 Å². The van der Waals surface area contributed by atoms with Gasteiger partial charge in [0.05, 0.1) is 13.2 Å². The van der Waals surface area contributed by atoms with Crippen molar-refractivity contribution in [1.29, 1.82) is 0 Å². The summed E-state index contributed by atoms with van der Waals surface area (Å²) in [6.07, 6.45) is 1.14. The average molecular weight is 267 g/mol. The Morgan fingerprint density at radius 3 is 2.30 bits per heavy atom. The van der Waals surface area contributed by atoms with Gasteiger partial charge >= 0.3 is 0 Å². The Labute approximate surface area is 120 Å². The molecule has 2 aromatic carbocycles. The van der Waals surface area contributed by atoms with Gasteiger partial charge in [-0.25, -0.2) is 0 Å². The van der Waals surface area contributed by atoms with Gasteiger partial charge in [-0.15, -0.1) is 0 Å². The zero-order chi connectivity index (χ0) is 13.8. The van der Waals surface area contributed by atoms with Crippen LogP contribution in [0, 0.1) is 5.92 Å². The van der Waals surface area contributed by atoms with Gasteiger partial charge in [0.2, 0.25) is 0 Å². The minimum absolute atomic E-state index is 0.151. The molecule has 2 atom stereocenters. The summed E-state index contributed by atoms with van der Waals surface area (Å²) < 4.78 is 5.87. The van der Waals surface area contributed by atoms with Crippen molar-refractivity contribution in [2.75, 3.05) is 13.2 Å². The molecule has 1 saturated carbocycles. The number of nitrogens with two attached hydrogens (primary N) is 1. The van der Waals surface area contributed by atoms with Gasteiger partial charge in [0.15, 0.2) is 0 Å². The second kappa shape index (κ2) is 5.78. The van der Waals surface area contributed by atoms with Crippen LogP contribution in [0.4, 0.5) is 0 Å². The van der Waals surface area contributed by atoms with E-state index in [-0.39, 0.29) is 5.41 Å². The second-order valence-corrected chi connectivity index (χ2v) is 5.63. The van der Waals surface area contributed by atoms with Crippen LogP contribution in [0.2, 0.25) is 0 Å². The summed E-state index contributed by atoms with van der Waals surface area (Å²) in [4.78, 5) is 0. The Morgan fingerprint density at radius 1 is 1.00 bits per heavy atom. The molecule has 0 amide bonds. The number of benzene rings is 2. The minimum atomic E-state index is 0.151. The summed E-state index contributed by atoms with van der Waals surface area (Å²) in [6, 6.07) is 20.9. The average Bonchev–Trinajstić information content (AvgIpc) is 3.24. The van der Waals surface area contributed by atoms with Gasteiger partial charge in [0.1, 0.15) is 0 Å². The quantitative estimate of drug-likeness (QED) is 0.872. The Balaban J connectivity index is 1.55. The van der Waals surface area contributed by atoms with Crippen molar-refractivity contribution >= 4 is 0 Å². The van der Waals surface area contributed by atoms with Crippen molar-refractivity contribution in [3.05, 3.63) is 71.8 Å². The standard InChI is InChI=1S/C18H21NO/c19-14-18(16-9-5-2-6-10-16)11-17(18)13-20-12-15-7-3-1-4-8-15/h1-10,17H,11-14,19H2/t17-,18+/m1/s1. The smallest absolute Gasteiger partial charge is 0.0717 e. The van der Waals surface area contributed by atoms with Crippen molar-refractivity contribution in [1.82, 2.24) is 0 Å². The van der Waals surface area contributed by atoms with Crippen LogP contribution >= 0.6 is 0 Å². The predicted molar refractivity (Wildman–Crippen MR) is 81.4 cm³/mol. The van der Waals surface area contributed by atoms with Crippen LogP contribution in [0.1, 0.15) is 17.5 Å². The van der Waals surface area contributed by atoms with E-state index in [9.17, 15) is 0 Å². The highest BCUT2D eigenvalue weighted by atomic mass is 16.5. The Hall–Kier alpha value is -1.64. The molecule has 0 aliphatic heterocycles. The molecular weight excluding hydrogens is 246 g/mol. The van der Waals surface area contributed by atoms with Gasteiger partial charge in [-0.05, 0) is 23.5 Å². The molecule has 0 radical (unpaired) electrons. The van der Waals surface area contributed by atoms with E-state index in [4.69, 9.17) is 10.5 Å². The first kappa shape index (κ1) is 13.3. The number of rotatable bonds is 6. The van der Waals surface area contributed by atoms with Gasteiger partial charge in [0, 0.05) is 12.0 Å².